The van der Waals surface area contributed by atoms with E-state index in [1.54, 1.807) is 31.2 Å². The van der Waals surface area contributed by atoms with Gasteiger partial charge in [0.2, 0.25) is 5.95 Å². The number of benzene rings is 3. The summed E-state index contributed by atoms with van der Waals surface area (Å²) < 4.78 is 49.8. The van der Waals surface area contributed by atoms with Gasteiger partial charge in [-0.25, -0.2) is 9.78 Å². The quantitative estimate of drug-likeness (QED) is 0.172. The Morgan fingerprint density at radius 2 is 1.78 bits per heavy atom. The van der Waals surface area contributed by atoms with Crippen molar-refractivity contribution in [3.63, 3.8) is 0 Å². The van der Waals surface area contributed by atoms with Crippen LogP contribution in [0.3, 0.4) is 0 Å². The second kappa shape index (κ2) is 12.3. The fourth-order valence-electron chi connectivity index (χ4n) is 6.33. The summed E-state index contributed by atoms with van der Waals surface area (Å²) in [7, 11) is 0. The van der Waals surface area contributed by atoms with Crippen molar-refractivity contribution in [1.29, 1.82) is 0 Å². The normalized spacial score (nSPS) is 17.9. The Morgan fingerprint density at radius 3 is 2.44 bits per heavy atom. The van der Waals surface area contributed by atoms with Crippen LogP contribution in [0.15, 0.2) is 60.7 Å². The number of carboxylic acids is 1. The summed E-state index contributed by atoms with van der Waals surface area (Å²) in [4.78, 5) is 28.9. The van der Waals surface area contributed by atoms with Crippen molar-refractivity contribution in [3.05, 3.63) is 71.8 Å². The maximum Gasteiger partial charge on any atom is 0.573 e. The molecule has 12 heteroatoms. The molecule has 0 spiro atoms. The number of halogens is 3. The number of ether oxygens (including phenoxy) is 2. The van der Waals surface area contributed by atoms with Gasteiger partial charge in [0.25, 0.3) is 5.91 Å². The van der Waals surface area contributed by atoms with Crippen molar-refractivity contribution < 1.29 is 37.3 Å². The molecule has 0 saturated heterocycles. The predicted octanol–water partition coefficient (Wildman–Crippen LogP) is 8.09. The molecule has 0 radical (unpaired) electrons. The Hall–Kier alpha value is -4.74. The van der Waals surface area contributed by atoms with Crippen LogP contribution in [0, 0.1) is 18.3 Å². The van der Waals surface area contributed by atoms with Crippen LogP contribution < -0.4 is 20.1 Å². The number of hydrogen-bond acceptors (Lipinski definition) is 6. The number of fused-ring (bicyclic) bond motifs is 1. The summed E-state index contributed by atoms with van der Waals surface area (Å²) >= 11 is 0. The molecular weight excluding hydrogens is 589 g/mol. The van der Waals surface area contributed by atoms with Crippen LogP contribution in [-0.2, 0) is 4.79 Å². The van der Waals surface area contributed by atoms with Crippen molar-refractivity contribution in [2.75, 3.05) is 17.2 Å². The zero-order valence-corrected chi connectivity index (χ0v) is 25.4. The average Bonchev–Trinajstić information content (AvgIpc) is 3.29. The first-order valence-corrected chi connectivity index (χ1v) is 14.6. The van der Waals surface area contributed by atoms with Crippen LogP contribution >= 0.6 is 0 Å². The molecule has 2 atom stereocenters. The Bertz CT molecular complexity index is 1720. The van der Waals surface area contributed by atoms with Crippen LogP contribution in [0.2, 0.25) is 0 Å². The Kier molecular flexibility index (Phi) is 8.68. The summed E-state index contributed by atoms with van der Waals surface area (Å²) in [6, 6.07) is 15.6. The highest BCUT2D eigenvalue weighted by Gasteiger charge is 2.35. The van der Waals surface area contributed by atoms with E-state index in [4.69, 9.17) is 9.72 Å². The number of nitrogens with zero attached hydrogens (tertiary/aromatic N) is 2. The van der Waals surface area contributed by atoms with E-state index in [-0.39, 0.29) is 29.4 Å². The van der Waals surface area contributed by atoms with Crippen molar-refractivity contribution in [3.8, 4) is 11.5 Å². The topological polar surface area (TPSA) is 115 Å². The molecule has 1 heterocycles. The Morgan fingerprint density at radius 1 is 1.07 bits per heavy atom. The van der Waals surface area contributed by atoms with Gasteiger partial charge in [0.15, 0.2) is 6.61 Å². The Balaban J connectivity index is 1.39. The second-order valence-corrected chi connectivity index (χ2v) is 12.3. The number of imidazole rings is 1. The van der Waals surface area contributed by atoms with Crippen molar-refractivity contribution in [2.45, 2.75) is 59.4 Å². The molecule has 1 amide bonds. The number of carbonyl (C=O) groups excluding carboxylic acids is 1. The molecule has 1 aliphatic rings. The molecule has 9 nitrogen and oxygen atoms in total. The van der Waals surface area contributed by atoms with Crippen LogP contribution in [0.1, 0.15) is 62.0 Å². The minimum Gasteiger partial charge on any atom is -0.484 e. The molecule has 238 valence electrons. The largest absolute Gasteiger partial charge is 0.573 e. The minimum atomic E-state index is -4.78. The summed E-state index contributed by atoms with van der Waals surface area (Å²) in [5.74, 6) is -0.433. The first-order valence-electron chi connectivity index (χ1n) is 14.6. The first-order chi connectivity index (χ1) is 21.2. The monoisotopic (exact) mass is 624 g/mol. The van der Waals surface area contributed by atoms with E-state index in [0.717, 1.165) is 24.8 Å². The maximum absolute atomic E-state index is 12.7. The molecule has 45 heavy (non-hydrogen) atoms. The van der Waals surface area contributed by atoms with Gasteiger partial charge in [0, 0.05) is 23.5 Å². The predicted molar refractivity (Wildman–Crippen MR) is 164 cm³/mol. The molecule has 4 aromatic rings. The third kappa shape index (κ3) is 7.68. The van der Waals surface area contributed by atoms with Crippen molar-refractivity contribution in [2.24, 2.45) is 11.3 Å². The number of carboxylic acid groups (broad SMARTS) is 1. The number of aromatic nitrogens is 2. The van der Waals surface area contributed by atoms with Crippen LogP contribution in [0.25, 0.3) is 11.0 Å². The molecule has 3 N–H and O–H groups in total. The molecule has 3 aromatic carbocycles. The molecule has 0 unspecified atom stereocenters. The summed E-state index contributed by atoms with van der Waals surface area (Å²) in [6.45, 7) is 8.04. The molecule has 1 saturated carbocycles. The number of carbonyl (C=O) groups is 2. The SMILES string of the molecule is Cc1c(NC(=O)COc2ccc3c(c2)nc(Nc2ccc(OC(F)(F)F)cc2)n3[C@@H]2C[C@H](C)CC(C)(C)C2)cccc1C(=O)O. The second-order valence-electron chi connectivity index (χ2n) is 12.3. The van der Waals surface area contributed by atoms with E-state index < -0.39 is 18.2 Å². The lowest BCUT2D eigenvalue weighted by molar-refractivity contribution is -0.274. The fourth-order valence-corrected chi connectivity index (χ4v) is 6.33. The van der Waals surface area contributed by atoms with Crippen LogP contribution in [0.4, 0.5) is 30.5 Å². The van der Waals surface area contributed by atoms with E-state index in [2.05, 4.69) is 40.7 Å². The van der Waals surface area contributed by atoms with Gasteiger partial charge in [-0.2, -0.15) is 0 Å². The van der Waals surface area contributed by atoms with E-state index in [1.807, 2.05) is 6.07 Å². The molecule has 1 aliphatic carbocycles. The van der Waals surface area contributed by atoms with E-state index in [9.17, 15) is 27.9 Å². The standard InChI is InChI=1S/C33H35F3N4O5/c1-19-14-22(17-32(3,4)16-19)40-28-13-12-24(44-18-29(41)38-26-7-5-6-25(20(26)2)30(42)43)15-27(28)39-31(40)37-21-8-10-23(11-9-21)45-33(34,35)36/h5-13,15,19,22H,14,16-18H2,1-4H3,(H,37,39)(H,38,41)(H,42,43)/t19-,22+/m0/s1. The molecule has 5 rings (SSSR count). The van der Waals surface area contributed by atoms with Gasteiger partial charge in [-0.3, -0.25) is 4.79 Å². The van der Waals surface area contributed by atoms with E-state index >= 15 is 0 Å². The lowest BCUT2D eigenvalue weighted by Gasteiger charge is -2.40. The molecule has 0 bridgehead atoms. The fraction of sp³-hybridized carbons (Fsp3) is 0.364. The third-order valence-corrected chi connectivity index (χ3v) is 7.94. The first kappa shape index (κ1) is 31.7. The Labute approximate surface area is 258 Å². The highest BCUT2D eigenvalue weighted by atomic mass is 19.4. The zero-order valence-electron chi connectivity index (χ0n) is 25.4. The van der Waals surface area contributed by atoms with Gasteiger partial charge in [-0.15, -0.1) is 13.2 Å². The van der Waals surface area contributed by atoms with Crippen LogP contribution in [-0.4, -0.2) is 39.5 Å². The van der Waals surface area contributed by atoms with Gasteiger partial charge in [0.1, 0.15) is 11.5 Å². The highest BCUT2D eigenvalue weighted by molar-refractivity contribution is 5.96. The van der Waals surface area contributed by atoms with E-state index in [0.29, 0.717) is 40.1 Å². The lowest BCUT2D eigenvalue weighted by atomic mass is 9.70. The van der Waals surface area contributed by atoms with Gasteiger partial charge in [-0.05, 0) is 91.6 Å². The molecule has 0 aliphatic heterocycles. The van der Waals surface area contributed by atoms with Gasteiger partial charge >= 0.3 is 12.3 Å². The summed E-state index contributed by atoms with van der Waals surface area (Å²) in [5.41, 5.74) is 3.03. The van der Waals surface area contributed by atoms with Gasteiger partial charge in [0.05, 0.1) is 16.6 Å². The number of anilines is 3. The molecule has 1 fully saturated rings. The summed E-state index contributed by atoms with van der Waals surface area (Å²) in [5, 5.41) is 15.3. The lowest BCUT2D eigenvalue weighted by Crippen LogP contribution is -2.29. The summed E-state index contributed by atoms with van der Waals surface area (Å²) in [6.07, 6.45) is -1.84. The number of hydrogen-bond donors (Lipinski definition) is 3. The number of alkyl halides is 3. The number of aromatic carboxylic acids is 1. The number of nitrogens with one attached hydrogen (secondary N) is 2. The smallest absolute Gasteiger partial charge is 0.484 e. The maximum atomic E-state index is 12.7. The van der Waals surface area contributed by atoms with Gasteiger partial charge in [-0.1, -0.05) is 26.8 Å². The minimum absolute atomic E-state index is 0.0977. The molecular formula is C33H35F3N4O5. The third-order valence-electron chi connectivity index (χ3n) is 7.94. The van der Waals surface area contributed by atoms with E-state index in [1.165, 1.54) is 30.3 Å². The van der Waals surface area contributed by atoms with Crippen molar-refractivity contribution in [1.82, 2.24) is 9.55 Å². The highest BCUT2D eigenvalue weighted by Crippen LogP contribution is 2.46. The van der Waals surface area contributed by atoms with Gasteiger partial charge < -0.3 is 29.8 Å². The van der Waals surface area contributed by atoms with Crippen LogP contribution in [0.5, 0.6) is 11.5 Å². The zero-order chi connectivity index (χ0) is 32.5. The average molecular weight is 625 g/mol. The molecule has 1 aromatic heterocycles. The number of rotatable bonds is 9. The van der Waals surface area contributed by atoms with Crippen molar-refractivity contribution >= 4 is 40.2 Å². The number of amides is 1.